The van der Waals surface area contributed by atoms with Gasteiger partial charge in [-0.25, -0.2) is 4.98 Å². The minimum atomic E-state index is 0.268. The number of rotatable bonds is 3. The molecule has 1 aliphatic heterocycles. The Morgan fingerprint density at radius 3 is 2.84 bits per heavy atom. The van der Waals surface area contributed by atoms with Gasteiger partial charge in [-0.3, -0.25) is 0 Å². The predicted molar refractivity (Wildman–Crippen MR) is 75.4 cm³/mol. The van der Waals surface area contributed by atoms with E-state index in [-0.39, 0.29) is 6.61 Å². The molecule has 1 unspecified atom stereocenters. The van der Waals surface area contributed by atoms with Crippen molar-refractivity contribution in [2.45, 2.75) is 25.8 Å². The molecule has 19 heavy (non-hydrogen) atoms. The van der Waals surface area contributed by atoms with E-state index < -0.39 is 0 Å². The lowest BCUT2D eigenvalue weighted by Crippen LogP contribution is -2.22. The quantitative estimate of drug-likeness (QED) is 0.936. The molecule has 100 valence electrons. The summed E-state index contributed by atoms with van der Waals surface area (Å²) in [6.07, 6.45) is 4.95. The van der Waals surface area contributed by atoms with Crippen LogP contribution >= 0.6 is 11.6 Å². The molecule has 0 saturated heterocycles. The van der Waals surface area contributed by atoms with Crippen molar-refractivity contribution in [3.63, 3.8) is 0 Å². The van der Waals surface area contributed by atoms with E-state index >= 15 is 0 Å². The van der Waals surface area contributed by atoms with Gasteiger partial charge in [0.05, 0.1) is 5.69 Å². The molecular weight excluding hydrogens is 260 g/mol. The molecule has 2 aromatic rings. The van der Waals surface area contributed by atoms with Crippen LogP contribution in [0, 0.1) is 5.92 Å². The predicted octanol–water partition coefficient (Wildman–Crippen LogP) is 2.68. The Kier molecular flexibility index (Phi) is 3.58. The van der Waals surface area contributed by atoms with Gasteiger partial charge in [0, 0.05) is 43.1 Å². The third-order valence-electron chi connectivity index (χ3n) is 3.70. The zero-order valence-electron chi connectivity index (χ0n) is 10.7. The molecule has 3 nitrogen and oxygen atoms in total. The van der Waals surface area contributed by atoms with Crippen LogP contribution in [0.25, 0.3) is 0 Å². The largest absolute Gasteiger partial charge is 0.396 e. The fourth-order valence-corrected chi connectivity index (χ4v) is 2.75. The molecule has 1 atom stereocenters. The zero-order valence-corrected chi connectivity index (χ0v) is 11.5. The maximum Gasteiger partial charge on any atom is 0.108 e. The summed E-state index contributed by atoms with van der Waals surface area (Å²) in [6, 6.07) is 7.90. The Balaban J connectivity index is 1.76. The van der Waals surface area contributed by atoms with Crippen LogP contribution < -0.4 is 0 Å². The Morgan fingerprint density at radius 2 is 2.11 bits per heavy atom. The summed E-state index contributed by atoms with van der Waals surface area (Å²) in [5.74, 6) is 1.53. The molecule has 1 aromatic carbocycles. The fraction of sp³-hybridized carbons (Fsp3) is 0.400. The number of fused-ring (bicyclic) bond motifs is 1. The number of hydrogen-bond donors (Lipinski definition) is 1. The average molecular weight is 277 g/mol. The fourth-order valence-electron chi connectivity index (χ4n) is 2.62. The lowest BCUT2D eigenvalue weighted by atomic mass is 10.0. The van der Waals surface area contributed by atoms with Crippen LogP contribution in [0.15, 0.2) is 30.5 Å². The van der Waals surface area contributed by atoms with Crippen molar-refractivity contribution >= 4 is 11.6 Å². The summed E-state index contributed by atoms with van der Waals surface area (Å²) in [5, 5.41) is 10.0. The molecule has 1 aromatic heterocycles. The lowest BCUT2D eigenvalue weighted by molar-refractivity contribution is 0.190. The highest BCUT2D eigenvalue weighted by atomic mass is 35.5. The molecule has 0 radical (unpaired) electrons. The first-order chi connectivity index (χ1) is 9.24. The first-order valence-corrected chi connectivity index (χ1v) is 7.02. The number of imidazole rings is 1. The molecule has 0 saturated carbocycles. The monoisotopic (exact) mass is 276 g/mol. The number of hydrogen-bond acceptors (Lipinski definition) is 2. The summed E-state index contributed by atoms with van der Waals surface area (Å²) >= 11 is 5.89. The van der Waals surface area contributed by atoms with Gasteiger partial charge in [0.2, 0.25) is 0 Å². The van der Waals surface area contributed by atoms with Gasteiger partial charge in [0.15, 0.2) is 0 Å². The van der Waals surface area contributed by atoms with Crippen molar-refractivity contribution in [2.75, 3.05) is 6.61 Å². The molecule has 0 fully saturated rings. The smallest absolute Gasteiger partial charge is 0.108 e. The Hall–Kier alpha value is -1.32. The van der Waals surface area contributed by atoms with Gasteiger partial charge in [-0.2, -0.15) is 0 Å². The van der Waals surface area contributed by atoms with Crippen molar-refractivity contribution in [3.8, 4) is 0 Å². The first kappa shape index (κ1) is 12.7. The van der Waals surface area contributed by atoms with Crippen molar-refractivity contribution in [1.82, 2.24) is 9.55 Å². The second-order valence-corrected chi connectivity index (χ2v) is 5.63. The third kappa shape index (κ3) is 2.82. The number of benzene rings is 1. The van der Waals surface area contributed by atoms with E-state index in [9.17, 15) is 5.11 Å². The van der Waals surface area contributed by atoms with Gasteiger partial charge < -0.3 is 9.67 Å². The van der Waals surface area contributed by atoms with Crippen molar-refractivity contribution in [3.05, 3.63) is 52.6 Å². The highest BCUT2D eigenvalue weighted by molar-refractivity contribution is 6.30. The van der Waals surface area contributed by atoms with Crippen molar-refractivity contribution in [2.24, 2.45) is 5.92 Å². The van der Waals surface area contributed by atoms with Crippen LogP contribution in [-0.4, -0.2) is 21.3 Å². The molecule has 3 rings (SSSR count). The third-order valence-corrected chi connectivity index (χ3v) is 3.95. The molecule has 1 aliphatic rings. The topological polar surface area (TPSA) is 38.1 Å². The molecule has 0 amide bonds. The molecule has 0 spiro atoms. The van der Waals surface area contributed by atoms with Crippen LogP contribution in [0.3, 0.4) is 0 Å². The summed E-state index contributed by atoms with van der Waals surface area (Å²) in [5.41, 5.74) is 2.31. The standard InChI is InChI=1S/C15H17ClN2O/c16-13-4-1-11(2-5-13)7-14-9-18-8-12(10-19)3-6-15(18)17-14/h1-2,4-5,9,12,19H,3,6-8,10H2. The summed E-state index contributed by atoms with van der Waals surface area (Å²) in [6.45, 7) is 1.16. The Labute approximate surface area is 117 Å². The highest BCUT2D eigenvalue weighted by Gasteiger charge is 2.19. The number of halogens is 1. The second-order valence-electron chi connectivity index (χ2n) is 5.19. The van der Waals surface area contributed by atoms with E-state index in [0.717, 1.165) is 42.3 Å². The number of nitrogens with zero attached hydrogens (tertiary/aromatic N) is 2. The minimum Gasteiger partial charge on any atom is -0.396 e. The van der Waals surface area contributed by atoms with Gasteiger partial charge in [-0.05, 0) is 24.1 Å². The maximum atomic E-state index is 9.24. The molecule has 0 aliphatic carbocycles. The maximum absolute atomic E-state index is 9.24. The van der Waals surface area contributed by atoms with E-state index in [1.165, 1.54) is 5.56 Å². The molecule has 2 heterocycles. The number of aromatic nitrogens is 2. The molecule has 1 N–H and O–H groups in total. The van der Waals surface area contributed by atoms with E-state index in [4.69, 9.17) is 11.6 Å². The van der Waals surface area contributed by atoms with Gasteiger partial charge >= 0.3 is 0 Å². The normalized spacial score (nSPS) is 18.3. The molecule has 4 heteroatoms. The van der Waals surface area contributed by atoms with E-state index in [1.54, 1.807) is 0 Å². The highest BCUT2D eigenvalue weighted by Crippen LogP contribution is 2.21. The number of aryl methyl sites for hydroxylation is 1. The lowest BCUT2D eigenvalue weighted by Gasteiger charge is -2.21. The number of aliphatic hydroxyl groups excluding tert-OH is 1. The van der Waals surface area contributed by atoms with Crippen LogP contribution in [0.5, 0.6) is 0 Å². The Morgan fingerprint density at radius 1 is 1.32 bits per heavy atom. The summed E-state index contributed by atoms with van der Waals surface area (Å²) in [7, 11) is 0. The molecular formula is C15H17ClN2O. The van der Waals surface area contributed by atoms with E-state index in [2.05, 4.69) is 15.7 Å². The first-order valence-electron chi connectivity index (χ1n) is 6.65. The van der Waals surface area contributed by atoms with Gasteiger partial charge in [-0.15, -0.1) is 0 Å². The van der Waals surface area contributed by atoms with E-state index in [0.29, 0.717) is 5.92 Å². The van der Waals surface area contributed by atoms with Gasteiger partial charge in [-0.1, -0.05) is 23.7 Å². The van der Waals surface area contributed by atoms with Crippen LogP contribution in [0.1, 0.15) is 23.5 Å². The SMILES string of the molecule is OCC1CCc2nc(Cc3ccc(Cl)cc3)cn2C1. The Bertz CT molecular complexity index is 562. The molecule has 0 bridgehead atoms. The second kappa shape index (κ2) is 5.35. The average Bonchev–Trinajstić information content (AvgIpc) is 2.82. The minimum absolute atomic E-state index is 0.268. The summed E-state index contributed by atoms with van der Waals surface area (Å²) in [4.78, 5) is 4.69. The van der Waals surface area contributed by atoms with Crippen LogP contribution in [-0.2, 0) is 19.4 Å². The number of aliphatic hydroxyl groups is 1. The van der Waals surface area contributed by atoms with Gasteiger partial charge in [0.1, 0.15) is 5.82 Å². The van der Waals surface area contributed by atoms with Crippen molar-refractivity contribution in [1.29, 1.82) is 0 Å². The van der Waals surface area contributed by atoms with Crippen LogP contribution in [0.4, 0.5) is 0 Å². The van der Waals surface area contributed by atoms with Gasteiger partial charge in [0.25, 0.3) is 0 Å². The zero-order chi connectivity index (χ0) is 13.2. The van der Waals surface area contributed by atoms with E-state index in [1.807, 2.05) is 24.3 Å². The van der Waals surface area contributed by atoms with Crippen LogP contribution in [0.2, 0.25) is 5.02 Å². The summed E-state index contributed by atoms with van der Waals surface area (Å²) < 4.78 is 2.19. The van der Waals surface area contributed by atoms with Crippen molar-refractivity contribution < 1.29 is 5.11 Å².